The number of nitrogens with zero attached hydrogens (tertiary/aromatic N) is 2. The van der Waals surface area contributed by atoms with Crippen molar-refractivity contribution in [2.24, 2.45) is 0 Å². The second kappa shape index (κ2) is 7.88. The molecule has 0 radical (unpaired) electrons. The molecule has 0 unspecified atom stereocenters. The Labute approximate surface area is 145 Å². The molecular weight excluding hydrogens is 302 g/mol. The largest absolute Gasteiger partial charge is 0.389 e. The van der Waals surface area contributed by atoms with Crippen molar-refractivity contribution in [2.45, 2.75) is 58.1 Å². The molecule has 2 N–H and O–H groups in total. The van der Waals surface area contributed by atoms with Crippen molar-refractivity contribution in [3.63, 3.8) is 0 Å². The van der Waals surface area contributed by atoms with Crippen LogP contribution in [0.4, 0.5) is 16.2 Å². The minimum absolute atomic E-state index is 0.174. The zero-order valence-electron chi connectivity index (χ0n) is 15.4. The fraction of sp³-hybridized carbons (Fsp3) is 0.632. The van der Waals surface area contributed by atoms with Crippen LogP contribution in [0, 0.1) is 0 Å². The van der Waals surface area contributed by atoms with Crippen LogP contribution in [0.25, 0.3) is 0 Å². The van der Waals surface area contributed by atoms with Gasteiger partial charge in [-0.3, -0.25) is 0 Å². The van der Waals surface area contributed by atoms with Gasteiger partial charge >= 0.3 is 6.03 Å². The van der Waals surface area contributed by atoms with Crippen LogP contribution >= 0.6 is 0 Å². The highest BCUT2D eigenvalue weighted by Gasteiger charge is 2.24. The van der Waals surface area contributed by atoms with Gasteiger partial charge in [-0.2, -0.15) is 0 Å². The van der Waals surface area contributed by atoms with E-state index in [0.29, 0.717) is 19.1 Å². The predicted molar refractivity (Wildman–Crippen MR) is 99.7 cm³/mol. The number of hydrogen-bond acceptors (Lipinski definition) is 3. The molecule has 0 bridgehead atoms. The zero-order valence-corrected chi connectivity index (χ0v) is 15.4. The van der Waals surface area contributed by atoms with Crippen LogP contribution in [0.15, 0.2) is 24.3 Å². The van der Waals surface area contributed by atoms with Gasteiger partial charge in [-0.05, 0) is 45.7 Å². The average Bonchev–Trinajstić information content (AvgIpc) is 3.06. The molecule has 2 rings (SSSR count). The van der Waals surface area contributed by atoms with Crippen LogP contribution in [0.2, 0.25) is 0 Å². The number of para-hydroxylation sites is 2. The van der Waals surface area contributed by atoms with Crippen LogP contribution in [0.5, 0.6) is 0 Å². The fourth-order valence-corrected chi connectivity index (χ4v) is 3.36. The van der Waals surface area contributed by atoms with Gasteiger partial charge in [0, 0.05) is 19.6 Å². The number of anilines is 2. The van der Waals surface area contributed by atoms with Gasteiger partial charge in [-0.15, -0.1) is 0 Å². The third-order valence-corrected chi connectivity index (χ3v) is 4.64. The van der Waals surface area contributed by atoms with Crippen molar-refractivity contribution >= 4 is 17.4 Å². The van der Waals surface area contributed by atoms with Gasteiger partial charge in [0.05, 0.1) is 23.5 Å². The Balaban J connectivity index is 2.12. The molecule has 0 saturated heterocycles. The number of benzene rings is 1. The molecule has 0 aromatic heterocycles. The summed E-state index contributed by atoms with van der Waals surface area (Å²) >= 11 is 0. The second-order valence-electron chi connectivity index (χ2n) is 7.32. The van der Waals surface area contributed by atoms with E-state index in [0.717, 1.165) is 11.4 Å². The lowest BCUT2D eigenvalue weighted by molar-refractivity contribution is 0.0501. The molecule has 1 saturated carbocycles. The van der Waals surface area contributed by atoms with Crippen molar-refractivity contribution in [1.82, 2.24) is 4.90 Å². The van der Waals surface area contributed by atoms with Crippen LogP contribution in [0.3, 0.4) is 0 Å². The molecule has 0 atom stereocenters. The standard InChI is InChI=1S/C19H31N3O2/c1-5-22(14-19(2,3)24)18(23)20-16-12-8-9-13-17(16)21(4)15-10-6-7-11-15/h8-9,12-13,15,24H,5-7,10-11,14H2,1-4H3,(H,20,23). The number of carbonyl (C=O) groups is 1. The summed E-state index contributed by atoms with van der Waals surface area (Å²) in [4.78, 5) is 16.5. The molecule has 5 nitrogen and oxygen atoms in total. The number of nitrogens with one attached hydrogen (secondary N) is 1. The summed E-state index contributed by atoms with van der Waals surface area (Å²) in [7, 11) is 2.11. The van der Waals surface area contributed by atoms with E-state index < -0.39 is 5.60 Å². The number of urea groups is 1. The molecule has 0 heterocycles. The maximum Gasteiger partial charge on any atom is 0.321 e. The van der Waals surface area contributed by atoms with E-state index in [1.54, 1.807) is 18.7 Å². The first kappa shape index (κ1) is 18.6. The maximum atomic E-state index is 12.6. The lowest BCUT2D eigenvalue weighted by Gasteiger charge is -2.31. The fourth-order valence-electron chi connectivity index (χ4n) is 3.36. The van der Waals surface area contributed by atoms with Gasteiger partial charge in [0.15, 0.2) is 0 Å². The minimum Gasteiger partial charge on any atom is -0.389 e. The quantitative estimate of drug-likeness (QED) is 0.835. The van der Waals surface area contributed by atoms with Gasteiger partial charge in [0.1, 0.15) is 0 Å². The molecule has 0 spiro atoms. The number of amides is 2. The summed E-state index contributed by atoms with van der Waals surface area (Å²) < 4.78 is 0. The topological polar surface area (TPSA) is 55.8 Å². The van der Waals surface area contributed by atoms with Crippen molar-refractivity contribution in [3.05, 3.63) is 24.3 Å². The van der Waals surface area contributed by atoms with Crippen LogP contribution in [-0.2, 0) is 0 Å². The smallest absolute Gasteiger partial charge is 0.321 e. The summed E-state index contributed by atoms with van der Waals surface area (Å²) in [5.41, 5.74) is 0.969. The Kier molecular flexibility index (Phi) is 6.10. The van der Waals surface area contributed by atoms with Crippen molar-refractivity contribution in [2.75, 3.05) is 30.4 Å². The van der Waals surface area contributed by atoms with E-state index in [2.05, 4.69) is 23.3 Å². The summed E-state index contributed by atoms with van der Waals surface area (Å²) in [6, 6.07) is 8.31. The van der Waals surface area contributed by atoms with Crippen molar-refractivity contribution in [3.8, 4) is 0 Å². The Morgan fingerprint density at radius 2 is 1.92 bits per heavy atom. The number of carbonyl (C=O) groups excluding carboxylic acids is 1. The number of hydrogen-bond donors (Lipinski definition) is 2. The first-order valence-electron chi connectivity index (χ1n) is 8.92. The van der Waals surface area contributed by atoms with Crippen LogP contribution < -0.4 is 10.2 Å². The van der Waals surface area contributed by atoms with E-state index in [1.807, 2.05) is 25.1 Å². The third-order valence-electron chi connectivity index (χ3n) is 4.64. The SMILES string of the molecule is CCN(CC(C)(C)O)C(=O)Nc1ccccc1N(C)C1CCCC1. The first-order valence-corrected chi connectivity index (χ1v) is 8.92. The third kappa shape index (κ3) is 4.87. The maximum absolute atomic E-state index is 12.6. The van der Waals surface area contributed by atoms with Gasteiger partial charge in [0.2, 0.25) is 0 Å². The molecule has 24 heavy (non-hydrogen) atoms. The van der Waals surface area contributed by atoms with E-state index in [-0.39, 0.29) is 6.03 Å². The van der Waals surface area contributed by atoms with E-state index >= 15 is 0 Å². The van der Waals surface area contributed by atoms with Crippen LogP contribution in [-0.4, -0.2) is 47.8 Å². The summed E-state index contributed by atoms with van der Waals surface area (Å²) in [5, 5.41) is 13.0. The molecular formula is C19H31N3O2. The number of aliphatic hydroxyl groups is 1. The molecule has 1 aromatic carbocycles. The Bertz CT molecular complexity index is 548. The minimum atomic E-state index is -0.909. The summed E-state index contributed by atoms with van der Waals surface area (Å²) in [5.74, 6) is 0. The Morgan fingerprint density at radius 1 is 1.29 bits per heavy atom. The number of rotatable bonds is 6. The van der Waals surface area contributed by atoms with Crippen molar-refractivity contribution in [1.29, 1.82) is 0 Å². The first-order chi connectivity index (χ1) is 11.3. The highest BCUT2D eigenvalue weighted by Crippen LogP contribution is 2.32. The summed E-state index contributed by atoms with van der Waals surface area (Å²) in [6.45, 7) is 6.20. The lowest BCUT2D eigenvalue weighted by Crippen LogP contribution is -2.44. The van der Waals surface area contributed by atoms with Gasteiger partial charge in [-0.1, -0.05) is 25.0 Å². The zero-order chi connectivity index (χ0) is 17.7. The van der Waals surface area contributed by atoms with E-state index in [1.165, 1.54) is 25.7 Å². The molecule has 5 heteroatoms. The van der Waals surface area contributed by atoms with Crippen LogP contribution in [0.1, 0.15) is 46.5 Å². The molecule has 1 aromatic rings. The predicted octanol–water partition coefficient (Wildman–Crippen LogP) is 3.69. The lowest BCUT2D eigenvalue weighted by atomic mass is 10.1. The second-order valence-corrected chi connectivity index (χ2v) is 7.32. The van der Waals surface area contributed by atoms with Crippen molar-refractivity contribution < 1.29 is 9.90 Å². The number of likely N-dealkylation sites (N-methyl/N-ethyl adjacent to an activating group) is 1. The highest BCUT2D eigenvalue weighted by atomic mass is 16.3. The Morgan fingerprint density at radius 3 is 2.50 bits per heavy atom. The molecule has 134 valence electrons. The van der Waals surface area contributed by atoms with E-state index in [4.69, 9.17) is 0 Å². The van der Waals surface area contributed by atoms with Gasteiger partial charge in [0.25, 0.3) is 0 Å². The monoisotopic (exact) mass is 333 g/mol. The van der Waals surface area contributed by atoms with E-state index in [9.17, 15) is 9.90 Å². The molecule has 1 aliphatic carbocycles. The molecule has 1 aliphatic rings. The normalized spacial score (nSPS) is 15.4. The summed E-state index contributed by atoms with van der Waals surface area (Å²) in [6.07, 6.45) is 4.97. The van der Waals surface area contributed by atoms with Gasteiger partial charge in [-0.25, -0.2) is 4.79 Å². The molecule has 2 amide bonds. The van der Waals surface area contributed by atoms with Gasteiger partial charge < -0.3 is 20.2 Å². The highest BCUT2D eigenvalue weighted by molar-refractivity contribution is 5.93. The molecule has 1 fully saturated rings. The Hall–Kier alpha value is -1.75. The average molecular weight is 333 g/mol. The molecule has 0 aliphatic heterocycles.